The zero-order valence-electron chi connectivity index (χ0n) is 13.9. The smallest absolute Gasteiger partial charge is 0.310 e. The van der Waals surface area contributed by atoms with Gasteiger partial charge in [0.1, 0.15) is 11.7 Å². The highest BCUT2D eigenvalue weighted by molar-refractivity contribution is 5.72. The second-order valence-electron chi connectivity index (χ2n) is 6.76. The molecule has 2 heterocycles. The molecule has 0 amide bonds. The Morgan fingerprint density at radius 3 is 2.72 bits per heavy atom. The minimum Gasteiger partial charge on any atom is -0.481 e. The van der Waals surface area contributed by atoms with Crippen LogP contribution in [0.3, 0.4) is 0 Å². The van der Waals surface area contributed by atoms with Gasteiger partial charge in [0.2, 0.25) is 0 Å². The first-order chi connectivity index (χ1) is 12.1. The molecule has 6 nitrogen and oxygen atoms in total. The number of carboxylic acids is 1. The van der Waals surface area contributed by atoms with Gasteiger partial charge in [-0.2, -0.15) is 0 Å². The SMILES string of the molecule is O=C(O)[C@@H]1CN(c2nc(-c3ccccc3)nc3c2CCC3)CC[C@@H]1O. The number of anilines is 1. The Morgan fingerprint density at radius 2 is 1.96 bits per heavy atom. The molecule has 25 heavy (non-hydrogen) atoms. The molecule has 2 atom stereocenters. The summed E-state index contributed by atoms with van der Waals surface area (Å²) in [6, 6.07) is 9.86. The average Bonchev–Trinajstić information content (AvgIpc) is 3.10. The Morgan fingerprint density at radius 1 is 1.16 bits per heavy atom. The normalized spacial score (nSPS) is 22.7. The zero-order chi connectivity index (χ0) is 17.4. The van der Waals surface area contributed by atoms with E-state index in [1.807, 2.05) is 35.2 Å². The first-order valence-corrected chi connectivity index (χ1v) is 8.74. The predicted octanol–water partition coefficient (Wildman–Crippen LogP) is 1.90. The lowest BCUT2D eigenvalue weighted by atomic mass is 9.94. The number of hydrogen-bond acceptors (Lipinski definition) is 5. The maximum absolute atomic E-state index is 11.4. The van der Waals surface area contributed by atoms with Gasteiger partial charge in [0.15, 0.2) is 5.82 Å². The Bertz CT molecular complexity index is 794. The molecule has 6 heteroatoms. The second-order valence-corrected chi connectivity index (χ2v) is 6.76. The predicted molar refractivity (Wildman–Crippen MR) is 93.5 cm³/mol. The van der Waals surface area contributed by atoms with E-state index in [4.69, 9.17) is 9.97 Å². The highest BCUT2D eigenvalue weighted by Gasteiger charge is 2.35. The van der Waals surface area contributed by atoms with Gasteiger partial charge in [-0.25, -0.2) is 9.97 Å². The fraction of sp³-hybridized carbons (Fsp3) is 0.421. The molecule has 1 aliphatic heterocycles. The van der Waals surface area contributed by atoms with Gasteiger partial charge in [-0.3, -0.25) is 4.79 Å². The molecule has 0 radical (unpaired) electrons. The first kappa shape index (κ1) is 16.0. The van der Waals surface area contributed by atoms with Gasteiger partial charge in [-0.05, 0) is 25.7 Å². The molecule has 1 aliphatic carbocycles. The fourth-order valence-electron chi connectivity index (χ4n) is 3.77. The van der Waals surface area contributed by atoms with Crippen LogP contribution in [0.4, 0.5) is 5.82 Å². The number of fused-ring (bicyclic) bond motifs is 1. The minimum absolute atomic E-state index is 0.286. The Balaban J connectivity index is 1.74. The summed E-state index contributed by atoms with van der Waals surface area (Å²) in [7, 11) is 0. The Labute approximate surface area is 146 Å². The molecular formula is C19H21N3O3. The van der Waals surface area contributed by atoms with Crippen LogP contribution in [0.15, 0.2) is 30.3 Å². The molecule has 2 aromatic rings. The van der Waals surface area contributed by atoms with E-state index in [2.05, 4.69) is 0 Å². The van der Waals surface area contributed by atoms with E-state index in [1.165, 1.54) is 0 Å². The molecule has 0 saturated carbocycles. The largest absolute Gasteiger partial charge is 0.481 e. The number of carbonyl (C=O) groups is 1. The van der Waals surface area contributed by atoms with Crippen molar-refractivity contribution in [3.05, 3.63) is 41.6 Å². The van der Waals surface area contributed by atoms with Crippen molar-refractivity contribution in [2.45, 2.75) is 31.8 Å². The first-order valence-electron chi connectivity index (χ1n) is 8.74. The number of benzene rings is 1. The molecule has 2 N–H and O–H groups in total. The lowest BCUT2D eigenvalue weighted by molar-refractivity contribution is -0.146. The molecule has 130 valence electrons. The van der Waals surface area contributed by atoms with Gasteiger partial charge in [-0.15, -0.1) is 0 Å². The number of rotatable bonds is 3. The lowest BCUT2D eigenvalue weighted by Crippen LogP contribution is -2.47. The lowest BCUT2D eigenvalue weighted by Gasteiger charge is -2.35. The summed E-state index contributed by atoms with van der Waals surface area (Å²) < 4.78 is 0. The van der Waals surface area contributed by atoms with Crippen LogP contribution in [0.2, 0.25) is 0 Å². The standard InChI is InChI=1S/C19H21N3O3/c23-16-9-10-22(11-14(16)19(24)25)18-13-7-4-8-15(13)20-17(21-18)12-5-2-1-3-6-12/h1-3,5-6,14,16,23H,4,7-11H2,(H,24,25)/t14-,16+/m1/s1. The fourth-order valence-corrected chi connectivity index (χ4v) is 3.77. The number of carboxylic acid groups (broad SMARTS) is 1. The van der Waals surface area contributed by atoms with Gasteiger partial charge in [0.25, 0.3) is 0 Å². The number of hydrogen-bond donors (Lipinski definition) is 2. The number of nitrogens with zero attached hydrogens (tertiary/aromatic N) is 3. The molecule has 0 unspecified atom stereocenters. The van der Waals surface area contributed by atoms with Crippen LogP contribution < -0.4 is 4.90 Å². The van der Waals surface area contributed by atoms with Crippen LogP contribution in [-0.2, 0) is 17.6 Å². The molecule has 4 rings (SSSR count). The van der Waals surface area contributed by atoms with E-state index < -0.39 is 18.0 Å². The van der Waals surface area contributed by atoms with Crippen molar-refractivity contribution in [3.63, 3.8) is 0 Å². The third kappa shape index (κ3) is 2.98. The third-order valence-electron chi connectivity index (χ3n) is 5.14. The van der Waals surface area contributed by atoms with Crippen molar-refractivity contribution < 1.29 is 15.0 Å². The Kier molecular flexibility index (Phi) is 4.13. The van der Waals surface area contributed by atoms with Crippen molar-refractivity contribution >= 4 is 11.8 Å². The van der Waals surface area contributed by atoms with Crippen LogP contribution >= 0.6 is 0 Å². The van der Waals surface area contributed by atoms with E-state index in [0.717, 1.165) is 41.9 Å². The summed E-state index contributed by atoms with van der Waals surface area (Å²) in [4.78, 5) is 23.0. The van der Waals surface area contributed by atoms with Gasteiger partial charge in [0.05, 0.1) is 6.10 Å². The van der Waals surface area contributed by atoms with Gasteiger partial charge < -0.3 is 15.1 Å². The highest BCUT2D eigenvalue weighted by atomic mass is 16.4. The van der Waals surface area contributed by atoms with E-state index in [0.29, 0.717) is 18.8 Å². The van der Waals surface area contributed by atoms with Crippen molar-refractivity contribution in [3.8, 4) is 11.4 Å². The molecule has 1 aromatic carbocycles. The van der Waals surface area contributed by atoms with Crippen molar-refractivity contribution in [1.82, 2.24) is 9.97 Å². The van der Waals surface area contributed by atoms with Crippen LogP contribution in [-0.4, -0.2) is 45.3 Å². The van der Waals surface area contributed by atoms with E-state index in [9.17, 15) is 15.0 Å². The zero-order valence-corrected chi connectivity index (χ0v) is 13.9. The molecule has 0 spiro atoms. The molecule has 1 aromatic heterocycles. The van der Waals surface area contributed by atoms with Crippen LogP contribution in [0.1, 0.15) is 24.1 Å². The molecule has 1 saturated heterocycles. The maximum Gasteiger partial charge on any atom is 0.310 e. The number of piperidine rings is 1. The molecular weight excluding hydrogens is 318 g/mol. The second kappa shape index (κ2) is 6.44. The average molecular weight is 339 g/mol. The third-order valence-corrected chi connectivity index (χ3v) is 5.14. The molecule has 2 aliphatic rings. The highest BCUT2D eigenvalue weighted by Crippen LogP contribution is 2.33. The number of aryl methyl sites for hydroxylation is 1. The summed E-state index contributed by atoms with van der Waals surface area (Å²) in [6.07, 6.45) is 2.56. The van der Waals surface area contributed by atoms with Gasteiger partial charge in [-0.1, -0.05) is 30.3 Å². The monoisotopic (exact) mass is 339 g/mol. The number of aliphatic hydroxyl groups excluding tert-OH is 1. The number of aliphatic hydroxyl groups is 1. The summed E-state index contributed by atoms with van der Waals surface area (Å²) in [5.74, 6) is -0.194. The van der Waals surface area contributed by atoms with E-state index in [-0.39, 0.29) is 6.54 Å². The van der Waals surface area contributed by atoms with Crippen LogP contribution in [0, 0.1) is 5.92 Å². The number of aliphatic carboxylic acids is 1. The van der Waals surface area contributed by atoms with E-state index in [1.54, 1.807) is 0 Å². The van der Waals surface area contributed by atoms with Crippen molar-refractivity contribution in [2.75, 3.05) is 18.0 Å². The van der Waals surface area contributed by atoms with Crippen LogP contribution in [0.25, 0.3) is 11.4 Å². The topological polar surface area (TPSA) is 86.5 Å². The quantitative estimate of drug-likeness (QED) is 0.888. The maximum atomic E-state index is 11.4. The number of aromatic nitrogens is 2. The molecule has 0 bridgehead atoms. The summed E-state index contributed by atoms with van der Waals surface area (Å²) >= 11 is 0. The minimum atomic E-state index is -0.953. The van der Waals surface area contributed by atoms with Crippen molar-refractivity contribution in [1.29, 1.82) is 0 Å². The Hall–Kier alpha value is -2.47. The summed E-state index contributed by atoms with van der Waals surface area (Å²) in [5, 5.41) is 19.4. The molecule has 1 fully saturated rings. The van der Waals surface area contributed by atoms with Gasteiger partial charge in [0, 0.05) is 29.9 Å². The van der Waals surface area contributed by atoms with Crippen molar-refractivity contribution in [2.24, 2.45) is 5.92 Å². The van der Waals surface area contributed by atoms with Gasteiger partial charge >= 0.3 is 5.97 Å². The summed E-state index contributed by atoms with van der Waals surface area (Å²) in [6.45, 7) is 0.900. The summed E-state index contributed by atoms with van der Waals surface area (Å²) in [5.41, 5.74) is 3.17. The van der Waals surface area contributed by atoms with Crippen LogP contribution in [0.5, 0.6) is 0 Å². The van der Waals surface area contributed by atoms with E-state index >= 15 is 0 Å².